The van der Waals surface area contributed by atoms with Gasteiger partial charge in [-0.2, -0.15) is 0 Å². The van der Waals surface area contributed by atoms with Gasteiger partial charge in [0, 0.05) is 30.9 Å². The summed E-state index contributed by atoms with van der Waals surface area (Å²) in [6, 6.07) is 3.92. The predicted octanol–water partition coefficient (Wildman–Crippen LogP) is -0.133. The molecule has 2 rings (SSSR count). The number of nitrogens with two attached hydrogens (primary N) is 1. The van der Waals surface area contributed by atoms with E-state index >= 15 is 0 Å². The number of likely N-dealkylation sites (N-methyl/N-ethyl adjacent to an activating group) is 1. The van der Waals surface area contributed by atoms with Crippen molar-refractivity contribution in [2.24, 2.45) is 5.73 Å². The summed E-state index contributed by atoms with van der Waals surface area (Å²) in [5, 5.41) is 17.2. The Balaban J connectivity index is 2.16. The number of hydrogen-bond acceptors (Lipinski definition) is 5. The van der Waals surface area contributed by atoms with E-state index in [4.69, 9.17) is 11.1 Å². The molecule has 0 aliphatic carbocycles. The Morgan fingerprint density at radius 3 is 2.84 bits per heavy atom. The van der Waals surface area contributed by atoms with Crippen molar-refractivity contribution in [1.29, 1.82) is 5.41 Å². The first kappa shape index (κ1) is 13.8. The maximum Gasteiger partial charge on any atom is 0.128 e. The third-order valence-electron chi connectivity index (χ3n) is 3.32. The lowest BCUT2D eigenvalue weighted by Crippen LogP contribution is -2.38. The minimum absolute atomic E-state index is 0.0188. The van der Waals surface area contributed by atoms with Crippen LogP contribution in [-0.2, 0) is 0 Å². The molecule has 0 aromatic carbocycles. The molecule has 2 atom stereocenters. The highest BCUT2D eigenvalue weighted by Crippen LogP contribution is 2.24. The van der Waals surface area contributed by atoms with Crippen LogP contribution < -0.4 is 10.6 Å². The van der Waals surface area contributed by atoms with Gasteiger partial charge in [-0.15, -0.1) is 0 Å². The molecule has 0 spiro atoms. The molecule has 6 heteroatoms. The quantitative estimate of drug-likeness (QED) is 0.520. The van der Waals surface area contributed by atoms with Crippen LogP contribution >= 0.6 is 0 Å². The van der Waals surface area contributed by atoms with Gasteiger partial charge in [-0.1, -0.05) is 0 Å². The molecule has 6 nitrogen and oxygen atoms in total. The van der Waals surface area contributed by atoms with Gasteiger partial charge < -0.3 is 20.6 Å². The molecule has 0 bridgehead atoms. The lowest BCUT2D eigenvalue weighted by Gasteiger charge is -2.27. The summed E-state index contributed by atoms with van der Waals surface area (Å²) in [5.74, 6) is 0.846. The second-order valence-corrected chi connectivity index (χ2v) is 5.28. The lowest BCUT2D eigenvalue weighted by molar-refractivity contribution is 0.191. The average molecular weight is 263 g/mol. The normalized spacial score (nSPS) is 23.1. The third-order valence-corrected chi connectivity index (χ3v) is 3.32. The molecular formula is C13H21N5O. The molecule has 1 aromatic heterocycles. The summed E-state index contributed by atoms with van der Waals surface area (Å²) in [6.45, 7) is 1.48. The SMILES string of the molecule is CN(C)CC1CC(O)CN1c1ccc(C(=N)N)cn1. The zero-order valence-corrected chi connectivity index (χ0v) is 11.4. The highest BCUT2D eigenvalue weighted by atomic mass is 16.3. The maximum absolute atomic E-state index is 9.84. The summed E-state index contributed by atoms with van der Waals surface area (Å²) in [5.41, 5.74) is 6.03. The van der Waals surface area contributed by atoms with Gasteiger partial charge >= 0.3 is 0 Å². The molecule has 104 valence electrons. The summed E-state index contributed by atoms with van der Waals surface area (Å²) < 4.78 is 0. The molecule has 0 saturated carbocycles. The van der Waals surface area contributed by atoms with E-state index in [2.05, 4.69) is 14.8 Å². The molecule has 1 aromatic rings. The number of nitrogens with zero attached hydrogens (tertiary/aromatic N) is 3. The Labute approximate surface area is 113 Å². The molecule has 4 N–H and O–H groups in total. The largest absolute Gasteiger partial charge is 0.391 e. The monoisotopic (exact) mass is 263 g/mol. The Hall–Kier alpha value is -1.66. The van der Waals surface area contributed by atoms with Gasteiger partial charge in [-0.05, 0) is 32.6 Å². The zero-order chi connectivity index (χ0) is 14.0. The van der Waals surface area contributed by atoms with Gasteiger partial charge in [0.05, 0.1) is 6.10 Å². The molecule has 0 radical (unpaired) electrons. The topological polar surface area (TPSA) is 89.5 Å². The predicted molar refractivity (Wildman–Crippen MR) is 75.6 cm³/mol. The standard InChI is InChI=1S/C13H21N5O/c1-17(2)7-10-5-11(19)8-18(10)12-4-3-9(6-16-12)13(14)15/h3-4,6,10-11,19H,5,7-8H2,1-2H3,(H3,14,15). The first-order chi connectivity index (χ1) is 8.97. The van der Waals surface area contributed by atoms with E-state index in [0.29, 0.717) is 12.1 Å². The maximum atomic E-state index is 9.84. The minimum Gasteiger partial charge on any atom is -0.391 e. The second kappa shape index (κ2) is 5.54. The van der Waals surface area contributed by atoms with Crippen molar-refractivity contribution < 1.29 is 5.11 Å². The minimum atomic E-state index is -0.306. The molecule has 1 aliphatic rings. The van der Waals surface area contributed by atoms with Gasteiger partial charge in [0.15, 0.2) is 0 Å². The molecule has 2 heterocycles. The van der Waals surface area contributed by atoms with Gasteiger partial charge in [-0.25, -0.2) is 4.98 Å². The van der Waals surface area contributed by atoms with Crippen LogP contribution in [0.15, 0.2) is 18.3 Å². The fraction of sp³-hybridized carbons (Fsp3) is 0.538. The van der Waals surface area contributed by atoms with Gasteiger partial charge in [-0.3, -0.25) is 5.41 Å². The van der Waals surface area contributed by atoms with E-state index in [1.54, 1.807) is 12.3 Å². The number of aliphatic hydroxyl groups is 1. The van der Waals surface area contributed by atoms with E-state index < -0.39 is 0 Å². The van der Waals surface area contributed by atoms with E-state index in [-0.39, 0.29) is 18.0 Å². The number of aliphatic hydroxyl groups excluding tert-OH is 1. The fourth-order valence-electron chi connectivity index (χ4n) is 2.48. The summed E-state index contributed by atoms with van der Waals surface area (Å²) >= 11 is 0. The van der Waals surface area contributed by atoms with Crippen molar-refractivity contribution in [2.75, 3.05) is 32.1 Å². The molecule has 2 unspecified atom stereocenters. The van der Waals surface area contributed by atoms with E-state index in [9.17, 15) is 5.11 Å². The van der Waals surface area contributed by atoms with Crippen molar-refractivity contribution in [1.82, 2.24) is 9.88 Å². The van der Waals surface area contributed by atoms with Crippen LogP contribution in [0.25, 0.3) is 0 Å². The summed E-state index contributed by atoms with van der Waals surface area (Å²) in [7, 11) is 4.05. The molecular weight excluding hydrogens is 242 g/mol. The average Bonchev–Trinajstić information content (AvgIpc) is 2.69. The molecule has 1 fully saturated rings. The zero-order valence-electron chi connectivity index (χ0n) is 11.4. The highest BCUT2D eigenvalue weighted by molar-refractivity contribution is 5.94. The number of aromatic nitrogens is 1. The Kier molecular flexibility index (Phi) is 4.01. The van der Waals surface area contributed by atoms with Crippen LogP contribution in [0.2, 0.25) is 0 Å². The van der Waals surface area contributed by atoms with E-state index in [1.165, 1.54) is 0 Å². The van der Waals surface area contributed by atoms with Crippen molar-refractivity contribution in [3.05, 3.63) is 23.9 Å². The molecule has 1 saturated heterocycles. The number of rotatable bonds is 4. The van der Waals surface area contributed by atoms with Crippen LogP contribution in [0, 0.1) is 5.41 Å². The Bertz CT molecular complexity index is 445. The Morgan fingerprint density at radius 1 is 1.58 bits per heavy atom. The summed E-state index contributed by atoms with van der Waals surface area (Å²) in [6.07, 6.45) is 2.06. The molecule has 1 aliphatic heterocycles. The molecule has 19 heavy (non-hydrogen) atoms. The molecule has 0 amide bonds. The smallest absolute Gasteiger partial charge is 0.128 e. The fourth-order valence-corrected chi connectivity index (χ4v) is 2.48. The van der Waals surface area contributed by atoms with Crippen molar-refractivity contribution in [3.63, 3.8) is 0 Å². The highest BCUT2D eigenvalue weighted by Gasteiger charge is 2.31. The number of β-amino-alcohol motifs (C(OH)–C–C–N with tert-alkyl or cyclic N) is 1. The number of pyridine rings is 1. The summed E-state index contributed by atoms with van der Waals surface area (Å²) in [4.78, 5) is 8.58. The van der Waals surface area contributed by atoms with Crippen molar-refractivity contribution in [3.8, 4) is 0 Å². The van der Waals surface area contributed by atoms with Crippen LogP contribution in [0.3, 0.4) is 0 Å². The Morgan fingerprint density at radius 2 is 2.32 bits per heavy atom. The second-order valence-electron chi connectivity index (χ2n) is 5.28. The number of anilines is 1. The van der Waals surface area contributed by atoms with Crippen LogP contribution in [0.1, 0.15) is 12.0 Å². The number of nitrogens with one attached hydrogen (secondary N) is 1. The van der Waals surface area contributed by atoms with Gasteiger partial charge in [0.2, 0.25) is 0 Å². The first-order valence-electron chi connectivity index (χ1n) is 6.37. The van der Waals surface area contributed by atoms with Crippen LogP contribution in [0.4, 0.5) is 5.82 Å². The van der Waals surface area contributed by atoms with Crippen molar-refractivity contribution in [2.45, 2.75) is 18.6 Å². The van der Waals surface area contributed by atoms with Crippen molar-refractivity contribution >= 4 is 11.7 Å². The lowest BCUT2D eigenvalue weighted by atomic mass is 10.2. The number of hydrogen-bond donors (Lipinski definition) is 3. The van der Waals surface area contributed by atoms with Gasteiger partial charge in [0.1, 0.15) is 11.7 Å². The van der Waals surface area contributed by atoms with E-state index in [0.717, 1.165) is 18.8 Å². The number of nitrogen functional groups attached to an aromatic ring is 1. The van der Waals surface area contributed by atoms with Crippen LogP contribution in [-0.4, -0.2) is 60.2 Å². The van der Waals surface area contributed by atoms with Gasteiger partial charge in [0.25, 0.3) is 0 Å². The first-order valence-corrected chi connectivity index (χ1v) is 6.37. The third kappa shape index (κ3) is 3.21. The van der Waals surface area contributed by atoms with E-state index in [1.807, 2.05) is 20.2 Å². The van der Waals surface area contributed by atoms with Crippen LogP contribution in [0.5, 0.6) is 0 Å². The number of amidine groups is 1.